The van der Waals surface area contributed by atoms with Gasteiger partial charge in [-0.05, 0) is 32.9 Å². The van der Waals surface area contributed by atoms with Crippen LogP contribution in [-0.4, -0.2) is 36.5 Å². The van der Waals surface area contributed by atoms with Crippen LogP contribution in [0.3, 0.4) is 0 Å². The second-order valence-electron chi connectivity index (χ2n) is 5.66. The van der Waals surface area contributed by atoms with E-state index in [0.717, 1.165) is 29.2 Å². The highest BCUT2D eigenvalue weighted by Crippen LogP contribution is 2.29. The molecule has 0 radical (unpaired) electrons. The van der Waals surface area contributed by atoms with Crippen molar-refractivity contribution in [2.75, 3.05) is 26.1 Å². The highest BCUT2D eigenvalue weighted by molar-refractivity contribution is 5.93. The fraction of sp³-hybridized carbons (Fsp3) is 0.444. The first-order chi connectivity index (χ1) is 12.0. The Kier molecular flexibility index (Phi) is 6.27. The lowest BCUT2D eigenvalue weighted by Crippen LogP contribution is -2.30. The standard InChI is InChI=1S/C18H27N5O2/c1-7-19-18(20-11-15-12(2)22-23(4)13(15)3)21-14-8-9-16(24-5)17(10-14)25-6/h8-10H,7,11H2,1-6H3,(H2,19,20,21). The van der Waals surface area contributed by atoms with Gasteiger partial charge in [-0.25, -0.2) is 4.99 Å². The molecule has 25 heavy (non-hydrogen) atoms. The third-order valence-corrected chi connectivity index (χ3v) is 4.04. The maximum atomic E-state index is 5.35. The van der Waals surface area contributed by atoms with Gasteiger partial charge in [-0.15, -0.1) is 0 Å². The molecule has 0 aliphatic rings. The quantitative estimate of drug-likeness (QED) is 0.622. The fourth-order valence-electron chi connectivity index (χ4n) is 2.56. The third kappa shape index (κ3) is 4.43. The maximum Gasteiger partial charge on any atom is 0.196 e. The Hall–Kier alpha value is -2.70. The van der Waals surface area contributed by atoms with Crippen molar-refractivity contribution in [3.8, 4) is 11.5 Å². The molecule has 0 atom stereocenters. The summed E-state index contributed by atoms with van der Waals surface area (Å²) in [6.45, 7) is 7.43. The van der Waals surface area contributed by atoms with Crippen molar-refractivity contribution in [3.05, 3.63) is 35.2 Å². The van der Waals surface area contributed by atoms with Gasteiger partial charge in [0.25, 0.3) is 0 Å². The Morgan fingerprint density at radius 1 is 1.20 bits per heavy atom. The molecule has 136 valence electrons. The lowest BCUT2D eigenvalue weighted by atomic mass is 10.2. The molecular formula is C18H27N5O2. The summed E-state index contributed by atoms with van der Waals surface area (Å²) in [6.07, 6.45) is 0. The molecule has 2 rings (SSSR count). The summed E-state index contributed by atoms with van der Waals surface area (Å²) < 4.78 is 12.5. The summed E-state index contributed by atoms with van der Waals surface area (Å²) in [6, 6.07) is 5.67. The zero-order valence-electron chi connectivity index (χ0n) is 15.8. The Bertz CT molecular complexity index is 752. The van der Waals surface area contributed by atoms with Gasteiger partial charge in [0.05, 0.1) is 26.5 Å². The van der Waals surface area contributed by atoms with Gasteiger partial charge in [-0.3, -0.25) is 4.68 Å². The predicted molar refractivity (Wildman–Crippen MR) is 101 cm³/mol. The number of guanidine groups is 1. The van der Waals surface area contributed by atoms with Crippen LogP contribution in [0, 0.1) is 13.8 Å². The minimum absolute atomic E-state index is 0.564. The maximum absolute atomic E-state index is 5.35. The van der Waals surface area contributed by atoms with Crippen LogP contribution in [0.25, 0.3) is 0 Å². The molecule has 2 N–H and O–H groups in total. The average molecular weight is 345 g/mol. The second-order valence-corrected chi connectivity index (χ2v) is 5.66. The predicted octanol–water partition coefficient (Wildman–Crippen LogP) is 2.63. The summed E-state index contributed by atoms with van der Waals surface area (Å²) in [4.78, 5) is 4.68. The molecule has 2 aromatic rings. The molecule has 1 aromatic carbocycles. The fourth-order valence-corrected chi connectivity index (χ4v) is 2.56. The van der Waals surface area contributed by atoms with Crippen molar-refractivity contribution in [1.29, 1.82) is 0 Å². The first-order valence-electron chi connectivity index (χ1n) is 8.26. The van der Waals surface area contributed by atoms with E-state index < -0.39 is 0 Å². The van der Waals surface area contributed by atoms with Gasteiger partial charge < -0.3 is 20.1 Å². The van der Waals surface area contributed by atoms with E-state index in [9.17, 15) is 0 Å². The number of hydrogen-bond donors (Lipinski definition) is 2. The summed E-state index contributed by atoms with van der Waals surface area (Å²) in [5, 5.41) is 11.0. The zero-order chi connectivity index (χ0) is 18.4. The van der Waals surface area contributed by atoms with Crippen LogP contribution in [-0.2, 0) is 13.6 Å². The highest BCUT2D eigenvalue weighted by Gasteiger charge is 2.10. The summed E-state index contributed by atoms with van der Waals surface area (Å²) in [5.74, 6) is 2.07. The third-order valence-electron chi connectivity index (χ3n) is 4.04. The molecule has 0 amide bonds. The molecule has 0 fully saturated rings. The SMILES string of the molecule is CCNC(=NCc1c(C)nn(C)c1C)Nc1ccc(OC)c(OC)c1. The molecule has 0 aliphatic carbocycles. The second kappa shape index (κ2) is 8.41. The van der Waals surface area contributed by atoms with Gasteiger partial charge in [0.15, 0.2) is 17.5 Å². The van der Waals surface area contributed by atoms with Crippen LogP contribution in [0.4, 0.5) is 5.69 Å². The molecular weight excluding hydrogens is 318 g/mol. The summed E-state index contributed by atoms with van der Waals surface area (Å²) in [5.41, 5.74) is 4.15. The number of aryl methyl sites for hydroxylation is 2. The number of ether oxygens (including phenoxy) is 2. The molecule has 0 saturated heterocycles. The number of nitrogens with zero attached hydrogens (tertiary/aromatic N) is 3. The minimum atomic E-state index is 0.564. The van der Waals surface area contributed by atoms with Crippen LogP contribution >= 0.6 is 0 Å². The number of methoxy groups -OCH3 is 2. The van der Waals surface area contributed by atoms with Crippen LogP contribution in [0.2, 0.25) is 0 Å². The van der Waals surface area contributed by atoms with E-state index in [-0.39, 0.29) is 0 Å². The zero-order valence-corrected chi connectivity index (χ0v) is 15.8. The van der Waals surface area contributed by atoms with Crippen molar-refractivity contribution in [2.45, 2.75) is 27.3 Å². The molecule has 0 spiro atoms. The van der Waals surface area contributed by atoms with Gasteiger partial charge in [-0.2, -0.15) is 5.10 Å². The number of rotatable bonds is 6. The van der Waals surface area contributed by atoms with Crippen molar-refractivity contribution < 1.29 is 9.47 Å². The van der Waals surface area contributed by atoms with Crippen LogP contribution in [0.5, 0.6) is 11.5 Å². The smallest absolute Gasteiger partial charge is 0.196 e. The van der Waals surface area contributed by atoms with Crippen molar-refractivity contribution in [2.24, 2.45) is 12.0 Å². The van der Waals surface area contributed by atoms with E-state index in [0.29, 0.717) is 24.0 Å². The van der Waals surface area contributed by atoms with Crippen LogP contribution in [0.1, 0.15) is 23.9 Å². The summed E-state index contributed by atoms with van der Waals surface area (Å²) >= 11 is 0. The minimum Gasteiger partial charge on any atom is -0.493 e. The highest BCUT2D eigenvalue weighted by atomic mass is 16.5. The average Bonchev–Trinajstić information content (AvgIpc) is 2.85. The molecule has 7 heteroatoms. The molecule has 0 saturated carbocycles. The number of nitrogens with one attached hydrogen (secondary N) is 2. The van der Waals surface area contributed by atoms with Crippen molar-refractivity contribution >= 4 is 11.6 Å². The lowest BCUT2D eigenvalue weighted by Gasteiger charge is -2.14. The normalized spacial score (nSPS) is 11.4. The number of benzene rings is 1. The number of hydrogen-bond acceptors (Lipinski definition) is 4. The Morgan fingerprint density at radius 2 is 1.92 bits per heavy atom. The van der Waals surface area contributed by atoms with E-state index >= 15 is 0 Å². The van der Waals surface area contributed by atoms with Crippen molar-refractivity contribution in [1.82, 2.24) is 15.1 Å². The Labute approximate surface area is 149 Å². The summed E-state index contributed by atoms with van der Waals surface area (Å²) in [7, 11) is 5.19. The Morgan fingerprint density at radius 3 is 2.48 bits per heavy atom. The van der Waals surface area contributed by atoms with Crippen LogP contribution in [0.15, 0.2) is 23.2 Å². The number of aliphatic imine (C=N–C) groups is 1. The van der Waals surface area contributed by atoms with Crippen molar-refractivity contribution in [3.63, 3.8) is 0 Å². The van der Waals surface area contributed by atoms with Crippen LogP contribution < -0.4 is 20.1 Å². The van der Waals surface area contributed by atoms with Gasteiger partial charge in [0.2, 0.25) is 0 Å². The van der Waals surface area contributed by atoms with Gasteiger partial charge in [0, 0.05) is 36.6 Å². The monoisotopic (exact) mass is 345 g/mol. The molecule has 1 heterocycles. The van der Waals surface area contributed by atoms with E-state index in [2.05, 4.69) is 27.6 Å². The van der Waals surface area contributed by atoms with Gasteiger partial charge >= 0.3 is 0 Å². The molecule has 7 nitrogen and oxygen atoms in total. The van der Waals surface area contributed by atoms with E-state index in [1.54, 1.807) is 14.2 Å². The largest absolute Gasteiger partial charge is 0.493 e. The Balaban J connectivity index is 2.20. The lowest BCUT2D eigenvalue weighted by molar-refractivity contribution is 0.355. The number of aromatic nitrogens is 2. The molecule has 0 unspecified atom stereocenters. The topological polar surface area (TPSA) is 72.7 Å². The molecule has 1 aromatic heterocycles. The van der Waals surface area contributed by atoms with E-state index in [4.69, 9.17) is 9.47 Å². The molecule has 0 bridgehead atoms. The van der Waals surface area contributed by atoms with E-state index in [1.165, 1.54) is 0 Å². The molecule has 0 aliphatic heterocycles. The van der Waals surface area contributed by atoms with E-state index in [1.807, 2.05) is 43.8 Å². The van der Waals surface area contributed by atoms with Gasteiger partial charge in [-0.1, -0.05) is 0 Å². The first kappa shape index (κ1) is 18.6. The van der Waals surface area contributed by atoms with Gasteiger partial charge in [0.1, 0.15) is 0 Å². The number of anilines is 1. The first-order valence-corrected chi connectivity index (χ1v) is 8.26.